The molecule has 0 radical (unpaired) electrons. The molecule has 0 atom stereocenters. The molecule has 1 amide bonds. The van der Waals surface area contributed by atoms with E-state index in [9.17, 15) is 4.79 Å². The first-order chi connectivity index (χ1) is 17.2. The van der Waals surface area contributed by atoms with Gasteiger partial charge in [0.15, 0.2) is 5.82 Å². The summed E-state index contributed by atoms with van der Waals surface area (Å²) in [6.07, 6.45) is 6.39. The van der Waals surface area contributed by atoms with Crippen LogP contribution in [0, 0.1) is 0 Å². The Balaban J connectivity index is 1.39. The second-order valence-corrected chi connectivity index (χ2v) is 8.30. The number of nitrogens with one attached hydrogen (secondary N) is 3. The van der Waals surface area contributed by atoms with E-state index in [2.05, 4.69) is 36.5 Å². The zero-order chi connectivity index (χ0) is 23.8. The smallest absolute Gasteiger partial charge is 0.224 e. The molecule has 35 heavy (non-hydrogen) atoms. The fraction of sp³-hybridized carbons (Fsp3) is 0.154. The number of fused-ring (bicyclic) bond motifs is 2. The van der Waals surface area contributed by atoms with E-state index in [1.54, 1.807) is 18.6 Å². The normalized spacial score (nSPS) is 12.9. The summed E-state index contributed by atoms with van der Waals surface area (Å²) in [6, 6.07) is 13.8. The minimum absolute atomic E-state index is 0.0491. The summed E-state index contributed by atoms with van der Waals surface area (Å²) in [6.45, 7) is 2.50. The summed E-state index contributed by atoms with van der Waals surface area (Å²) in [7, 11) is 0. The van der Waals surface area contributed by atoms with Crippen molar-refractivity contribution in [3.05, 3.63) is 78.1 Å². The molecule has 6 rings (SSSR count). The summed E-state index contributed by atoms with van der Waals surface area (Å²) in [5.74, 6) is 0.637. The van der Waals surface area contributed by atoms with Crippen molar-refractivity contribution >= 4 is 28.2 Å². The number of carbonyl (C=O) groups is 1. The Morgan fingerprint density at radius 1 is 1.09 bits per heavy atom. The number of aromatic nitrogens is 6. The standard InChI is InChI=1S/C26H22N8O/c1-2-22(35)30-17-11-16(13-27-14-17)15-6-7-19-18(12-15)23(34-33-19)26-31-21-8-10-29-24(25(21)32-26)20-5-3-4-9-28-20/h3-7,9,11-14H,2,8,10H2,1H3,(H,30,35)(H,31,32)(H,33,34). The van der Waals surface area contributed by atoms with Gasteiger partial charge < -0.3 is 10.3 Å². The van der Waals surface area contributed by atoms with Crippen LogP contribution in [0.15, 0.2) is 66.0 Å². The Morgan fingerprint density at radius 3 is 2.89 bits per heavy atom. The van der Waals surface area contributed by atoms with Gasteiger partial charge in [0, 0.05) is 48.4 Å². The van der Waals surface area contributed by atoms with Crippen molar-refractivity contribution in [3.8, 4) is 22.6 Å². The molecule has 172 valence electrons. The number of pyridine rings is 2. The van der Waals surface area contributed by atoms with Crippen molar-refractivity contribution in [2.45, 2.75) is 19.8 Å². The molecular weight excluding hydrogens is 440 g/mol. The monoisotopic (exact) mass is 462 g/mol. The van der Waals surface area contributed by atoms with Gasteiger partial charge >= 0.3 is 0 Å². The van der Waals surface area contributed by atoms with Gasteiger partial charge in [-0.2, -0.15) is 5.10 Å². The number of anilines is 1. The average molecular weight is 463 g/mol. The largest absolute Gasteiger partial charge is 0.340 e. The van der Waals surface area contributed by atoms with Gasteiger partial charge in [0.25, 0.3) is 0 Å². The van der Waals surface area contributed by atoms with Crippen molar-refractivity contribution in [2.24, 2.45) is 4.99 Å². The Hall–Kier alpha value is -4.66. The molecule has 0 unspecified atom stereocenters. The molecule has 9 nitrogen and oxygen atoms in total. The lowest BCUT2D eigenvalue weighted by molar-refractivity contribution is -0.115. The minimum Gasteiger partial charge on any atom is -0.340 e. The maximum absolute atomic E-state index is 11.8. The van der Waals surface area contributed by atoms with Gasteiger partial charge in [-0.15, -0.1) is 0 Å². The topological polar surface area (TPSA) is 125 Å². The summed E-state index contributed by atoms with van der Waals surface area (Å²) in [5, 5.41) is 11.5. The maximum atomic E-state index is 11.8. The fourth-order valence-electron chi connectivity index (χ4n) is 4.25. The number of H-pyrrole nitrogens is 2. The molecule has 5 aromatic rings. The van der Waals surface area contributed by atoms with Crippen molar-refractivity contribution in [3.63, 3.8) is 0 Å². The Labute approximate surface area is 200 Å². The first-order valence-electron chi connectivity index (χ1n) is 11.5. The zero-order valence-corrected chi connectivity index (χ0v) is 19.0. The average Bonchev–Trinajstić information content (AvgIpc) is 3.53. The van der Waals surface area contributed by atoms with Gasteiger partial charge in [-0.25, -0.2) is 4.98 Å². The second-order valence-electron chi connectivity index (χ2n) is 8.30. The van der Waals surface area contributed by atoms with Crippen molar-refractivity contribution < 1.29 is 4.79 Å². The zero-order valence-electron chi connectivity index (χ0n) is 19.0. The van der Waals surface area contributed by atoms with Crippen LogP contribution in [0.5, 0.6) is 0 Å². The van der Waals surface area contributed by atoms with Crippen LogP contribution in [0.2, 0.25) is 0 Å². The number of aromatic amines is 2. The molecule has 0 saturated heterocycles. The number of rotatable bonds is 5. The lowest BCUT2D eigenvalue weighted by Crippen LogP contribution is -2.15. The minimum atomic E-state index is -0.0491. The summed E-state index contributed by atoms with van der Waals surface area (Å²) >= 11 is 0. The highest BCUT2D eigenvalue weighted by Gasteiger charge is 2.23. The fourth-order valence-corrected chi connectivity index (χ4v) is 4.25. The van der Waals surface area contributed by atoms with Crippen LogP contribution in [0.4, 0.5) is 5.69 Å². The summed E-state index contributed by atoms with van der Waals surface area (Å²) in [4.78, 5) is 33.6. The van der Waals surface area contributed by atoms with Gasteiger partial charge in [-0.1, -0.05) is 19.1 Å². The number of benzene rings is 1. The van der Waals surface area contributed by atoms with E-state index in [-0.39, 0.29) is 5.91 Å². The van der Waals surface area contributed by atoms with Crippen LogP contribution < -0.4 is 5.32 Å². The lowest BCUT2D eigenvalue weighted by atomic mass is 10.0. The molecule has 1 aromatic carbocycles. The molecule has 4 aromatic heterocycles. The molecule has 0 aliphatic carbocycles. The third-order valence-corrected chi connectivity index (χ3v) is 6.01. The van der Waals surface area contributed by atoms with Gasteiger partial charge in [-0.3, -0.25) is 24.9 Å². The summed E-state index contributed by atoms with van der Waals surface area (Å²) in [5.41, 5.74) is 7.63. The molecule has 1 aliphatic rings. The van der Waals surface area contributed by atoms with Crippen molar-refractivity contribution in [1.82, 2.24) is 30.1 Å². The third kappa shape index (κ3) is 3.86. The number of hydrogen-bond donors (Lipinski definition) is 3. The Morgan fingerprint density at radius 2 is 2.03 bits per heavy atom. The highest BCUT2D eigenvalue weighted by molar-refractivity contribution is 6.12. The number of carbonyl (C=O) groups excluding carboxylic acids is 1. The molecule has 3 N–H and O–H groups in total. The first kappa shape index (κ1) is 20.9. The van der Waals surface area contributed by atoms with Crippen LogP contribution in [0.3, 0.4) is 0 Å². The van der Waals surface area contributed by atoms with Crippen LogP contribution >= 0.6 is 0 Å². The highest BCUT2D eigenvalue weighted by atomic mass is 16.1. The van der Waals surface area contributed by atoms with Crippen molar-refractivity contribution in [1.29, 1.82) is 0 Å². The maximum Gasteiger partial charge on any atom is 0.224 e. The third-order valence-electron chi connectivity index (χ3n) is 6.01. The second kappa shape index (κ2) is 8.60. The number of hydrogen-bond acceptors (Lipinski definition) is 6. The molecular formula is C26H22N8O. The Bertz CT molecular complexity index is 1580. The predicted molar refractivity (Wildman–Crippen MR) is 134 cm³/mol. The van der Waals surface area contributed by atoms with E-state index in [1.165, 1.54) is 0 Å². The number of nitrogens with zero attached hydrogens (tertiary/aromatic N) is 5. The van der Waals surface area contributed by atoms with Gasteiger partial charge in [-0.05, 0) is 35.9 Å². The predicted octanol–water partition coefficient (Wildman–Crippen LogP) is 4.15. The number of imidazole rings is 1. The molecule has 5 heterocycles. The van der Waals surface area contributed by atoms with Crippen LogP contribution in [0.25, 0.3) is 33.5 Å². The van der Waals surface area contributed by atoms with E-state index in [4.69, 9.17) is 9.98 Å². The van der Waals surface area contributed by atoms with Crippen LogP contribution in [-0.2, 0) is 11.2 Å². The molecule has 0 fully saturated rings. The Kier molecular flexibility index (Phi) is 5.14. The number of amides is 1. The molecule has 1 aliphatic heterocycles. The number of aliphatic imine (C=N–C) groups is 1. The van der Waals surface area contributed by atoms with Crippen molar-refractivity contribution in [2.75, 3.05) is 11.9 Å². The van der Waals surface area contributed by atoms with Gasteiger partial charge in [0.05, 0.1) is 23.1 Å². The summed E-state index contributed by atoms with van der Waals surface area (Å²) < 4.78 is 0. The molecule has 0 spiro atoms. The van der Waals surface area contributed by atoms with E-state index >= 15 is 0 Å². The van der Waals surface area contributed by atoms with Gasteiger partial charge in [0.1, 0.15) is 17.1 Å². The molecule has 9 heteroatoms. The van der Waals surface area contributed by atoms with E-state index in [0.29, 0.717) is 24.5 Å². The highest BCUT2D eigenvalue weighted by Crippen LogP contribution is 2.31. The quantitative estimate of drug-likeness (QED) is 0.362. The lowest BCUT2D eigenvalue weighted by Gasteiger charge is -2.10. The van der Waals surface area contributed by atoms with Crippen LogP contribution in [0.1, 0.15) is 30.4 Å². The van der Waals surface area contributed by atoms with Crippen LogP contribution in [-0.4, -0.2) is 48.3 Å². The van der Waals surface area contributed by atoms with E-state index in [1.807, 2.05) is 43.3 Å². The first-order valence-corrected chi connectivity index (χ1v) is 11.5. The molecule has 0 bridgehead atoms. The SMILES string of the molecule is CCC(=O)Nc1cncc(-c2ccc3[nH]nc(-c4nc5c([nH]4)CCN=C5c4ccccn4)c3c2)c1. The van der Waals surface area contributed by atoms with Gasteiger partial charge in [0.2, 0.25) is 5.91 Å². The van der Waals surface area contributed by atoms with E-state index < -0.39 is 0 Å². The van der Waals surface area contributed by atoms with E-state index in [0.717, 1.165) is 56.9 Å². The molecule has 0 saturated carbocycles.